The molecule has 20 heavy (non-hydrogen) atoms. The fraction of sp³-hybridized carbons (Fsp3) is 0.533. The molecule has 1 aliphatic heterocycles. The molecule has 1 atom stereocenters. The van der Waals surface area contributed by atoms with Gasteiger partial charge in [0.1, 0.15) is 5.82 Å². The standard InChI is InChI=1S/C15H18ClFN2O/c16-10-2-3-13(17)12(8-10)14(20)19-11-4-7-18-15(9-11)5-1-6-15/h2-3,8,11,18H,1,4-7,9H2,(H,19,20). The molecular weight excluding hydrogens is 279 g/mol. The molecule has 1 saturated heterocycles. The van der Waals surface area contributed by atoms with Crippen LogP contribution in [0.1, 0.15) is 42.5 Å². The lowest BCUT2D eigenvalue weighted by Gasteiger charge is -2.48. The molecule has 0 bridgehead atoms. The Morgan fingerprint density at radius 1 is 1.45 bits per heavy atom. The van der Waals surface area contributed by atoms with E-state index in [0.717, 1.165) is 19.4 Å². The summed E-state index contributed by atoms with van der Waals surface area (Å²) >= 11 is 5.82. The molecule has 3 rings (SSSR count). The number of carbonyl (C=O) groups excluding carboxylic acids is 1. The van der Waals surface area contributed by atoms with Gasteiger partial charge in [-0.2, -0.15) is 0 Å². The number of benzene rings is 1. The van der Waals surface area contributed by atoms with Gasteiger partial charge >= 0.3 is 0 Å². The number of carbonyl (C=O) groups is 1. The second-order valence-electron chi connectivity index (χ2n) is 5.85. The molecule has 5 heteroatoms. The number of hydrogen-bond acceptors (Lipinski definition) is 2. The normalized spacial score (nSPS) is 24.2. The summed E-state index contributed by atoms with van der Waals surface area (Å²) in [6, 6.07) is 4.17. The van der Waals surface area contributed by atoms with E-state index in [1.54, 1.807) is 0 Å². The van der Waals surface area contributed by atoms with Gasteiger partial charge in [-0.05, 0) is 56.8 Å². The third kappa shape index (κ3) is 2.67. The van der Waals surface area contributed by atoms with Crippen molar-refractivity contribution in [3.63, 3.8) is 0 Å². The van der Waals surface area contributed by atoms with E-state index in [4.69, 9.17) is 11.6 Å². The summed E-state index contributed by atoms with van der Waals surface area (Å²) < 4.78 is 13.7. The molecule has 1 heterocycles. The first-order chi connectivity index (χ1) is 9.58. The number of halogens is 2. The van der Waals surface area contributed by atoms with Crippen LogP contribution in [0.2, 0.25) is 5.02 Å². The first-order valence-corrected chi connectivity index (χ1v) is 7.47. The molecule has 2 aliphatic rings. The Hall–Kier alpha value is -1.13. The van der Waals surface area contributed by atoms with Gasteiger partial charge in [0.05, 0.1) is 5.56 Å². The fourth-order valence-electron chi connectivity index (χ4n) is 3.20. The van der Waals surface area contributed by atoms with Gasteiger partial charge in [-0.25, -0.2) is 4.39 Å². The predicted octanol–water partition coefficient (Wildman–Crippen LogP) is 2.88. The van der Waals surface area contributed by atoms with E-state index in [0.29, 0.717) is 5.02 Å². The SMILES string of the molecule is O=C(NC1CCNC2(CCC2)C1)c1cc(Cl)ccc1F. The Balaban J connectivity index is 1.67. The number of piperidine rings is 1. The summed E-state index contributed by atoms with van der Waals surface area (Å²) in [6.07, 6.45) is 5.41. The summed E-state index contributed by atoms with van der Waals surface area (Å²) in [6.45, 7) is 0.906. The quantitative estimate of drug-likeness (QED) is 0.881. The van der Waals surface area contributed by atoms with Gasteiger partial charge < -0.3 is 10.6 Å². The van der Waals surface area contributed by atoms with E-state index in [-0.39, 0.29) is 23.1 Å². The van der Waals surface area contributed by atoms with Gasteiger partial charge in [-0.1, -0.05) is 11.6 Å². The molecule has 1 aliphatic carbocycles. The highest BCUT2D eigenvalue weighted by atomic mass is 35.5. The van der Waals surface area contributed by atoms with Gasteiger partial charge in [0.15, 0.2) is 0 Å². The molecule has 2 fully saturated rings. The number of nitrogens with one attached hydrogen (secondary N) is 2. The van der Waals surface area contributed by atoms with Crippen molar-refractivity contribution < 1.29 is 9.18 Å². The maximum absolute atomic E-state index is 13.7. The van der Waals surface area contributed by atoms with Crippen LogP contribution >= 0.6 is 11.6 Å². The van der Waals surface area contributed by atoms with Crippen molar-refractivity contribution in [2.45, 2.75) is 43.7 Å². The summed E-state index contributed by atoms with van der Waals surface area (Å²) in [7, 11) is 0. The Morgan fingerprint density at radius 3 is 2.95 bits per heavy atom. The molecule has 1 aromatic carbocycles. The summed E-state index contributed by atoms with van der Waals surface area (Å²) in [5.74, 6) is -0.898. The van der Waals surface area contributed by atoms with Gasteiger partial charge in [0.2, 0.25) is 0 Å². The van der Waals surface area contributed by atoms with Crippen molar-refractivity contribution in [1.82, 2.24) is 10.6 Å². The van der Waals surface area contributed by atoms with Crippen LogP contribution in [0, 0.1) is 5.82 Å². The van der Waals surface area contributed by atoms with Crippen LogP contribution in [0.15, 0.2) is 18.2 Å². The average Bonchev–Trinajstić information content (AvgIpc) is 2.40. The van der Waals surface area contributed by atoms with Gasteiger partial charge in [-0.15, -0.1) is 0 Å². The molecule has 3 nitrogen and oxygen atoms in total. The number of amides is 1. The van der Waals surface area contributed by atoms with E-state index in [9.17, 15) is 9.18 Å². The molecule has 0 aromatic heterocycles. The minimum absolute atomic E-state index is 0.0266. The van der Waals surface area contributed by atoms with Crippen molar-refractivity contribution in [3.8, 4) is 0 Å². The highest BCUT2D eigenvalue weighted by Gasteiger charge is 2.41. The van der Waals surface area contributed by atoms with E-state index in [1.807, 2.05) is 0 Å². The molecular formula is C15H18ClFN2O. The highest BCUT2D eigenvalue weighted by Crippen LogP contribution is 2.38. The first kappa shape index (κ1) is 13.8. The molecule has 1 spiro atoms. The van der Waals surface area contributed by atoms with Crippen molar-refractivity contribution in [3.05, 3.63) is 34.6 Å². The molecule has 1 unspecified atom stereocenters. The Labute approximate surface area is 122 Å². The van der Waals surface area contributed by atoms with Gasteiger partial charge in [0.25, 0.3) is 5.91 Å². The maximum atomic E-state index is 13.7. The van der Waals surface area contributed by atoms with E-state index < -0.39 is 5.82 Å². The molecule has 108 valence electrons. The fourth-order valence-corrected chi connectivity index (χ4v) is 3.37. The van der Waals surface area contributed by atoms with Gasteiger partial charge in [0, 0.05) is 16.6 Å². The Morgan fingerprint density at radius 2 is 2.25 bits per heavy atom. The third-order valence-electron chi connectivity index (χ3n) is 4.45. The van der Waals surface area contributed by atoms with Crippen LogP contribution in [-0.2, 0) is 0 Å². The van der Waals surface area contributed by atoms with Crippen LogP contribution < -0.4 is 10.6 Å². The van der Waals surface area contributed by atoms with Crippen LogP contribution in [0.5, 0.6) is 0 Å². The third-order valence-corrected chi connectivity index (χ3v) is 4.68. The summed E-state index contributed by atoms with van der Waals surface area (Å²) in [5.41, 5.74) is 0.238. The minimum Gasteiger partial charge on any atom is -0.349 e. The Kier molecular flexibility index (Phi) is 3.69. The van der Waals surface area contributed by atoms with Crippen molar-refractivity contribution >= 4 is 17.5 Å². The van der Waals surface area contributed by atoms with Crippen molar-refractivity contribution in [2.24, 2.45) is 0 Å². The summed E-state index contributed by atoms with van der Waals surface area (Å²) in [4.78, 5) is 12.2. The van der Waals surface area contributed by atoms with Crippen LogP contribution in [-0.4, -0.2) is 24.0 Å². The van der Waals surface area contributed by atoms with Gasteiger partial charge in [-0.3, -0.25) is 4.79 Å². The zero-order valence-corrected chi connectivity index (χ0v) is 12.0. The molecule has 0 radical (unpaired) electrons. The van der Waals surface area contributed by atoms with E-state index >= 15 is 0 Å². The maximum Gasteiger partial charge on any atom is 0.254 e. The lowest BCUT2D eigenvalue weighted by atomic mass is 9.70. The largest absolute Gasteiger partial charge is 0.349 e. The van der Waals surface area contributed by atoms with Crippen molar-refractivity contribution in [2.75, 3.05) is 6.54 Å². The second-order valence-corrected chi connectivity index (χ2v) is 6.28. The monoisotopic (exact) mass is 296 g/mol. The number of hydrogen-bond donors (Lipinski definition) is 2. The lowest BCUT2D eigenvalue weighted by Crippen LogP contribution is -2.59. The Bertz CT molecular complexity index is 531. The zero-order valence-electron chi connectivity index (χ0n) is 11.2. The zero-order chi connectivity index (χ0) is 14.2. The number of rotatable bonds is 2. The highest BCUT2D eigenvalue weighted by molar-refractivity contribution is 6.31. The van der Waals surface area contributed by atoms with E-state index in [1.165, 1.54) is 37.5 Å². The molecule has 2 N–H and O–H groups in total. The van der Waals surface area contributed by atoms with Crippen LogP contribution in [0.25, 0.3) is 0 Å². The average molecular weight is 297 g/mol. The first-order valence-electron chi connectivity index (χ1n) is 7.09. The van der Waals surface area contributed by atoms with Crippen molar-refractivity contribution in [1.29, 1.82) is 0 Å². The molecule has 1 amide bonds. The minimum atomic E-state index is -0.529. The lowest BCUT2D eigenvalue weighted by molar-refractivity contribution is 0.0849. The topological polar surface area (TPSA) is 41.1 Å². The predicted molar refractivity (Wildman–Crippen MR) is 76.5 cm³/mol. The van der Waals surface area contributed by atoms with E-state index in [2.05, 4.69) is 10.6 Å². The van der Waals surface area contributed by atoms with Crippen LogP contribution in [0.4, 0.5) is 4.39 Å². The smallest absolute Gasteiger partial charge is 0.254 e. The molecule has 1 aromatic rings. The molecule has 1 saturated carbocycles. The van der Waals surface area contributed by atoms with Crippen LogP contribution in [0.3, 0.4) is 0 Å². The second kappa shape index (κ2) is 5.34. The summed E-state index contributed by atoms with van der Waals surface area (Å²) in [5, 5.41) is 6.87.